The zero-order valence-corrected chi connectivity index (χ0v) is 17.0. The van der Waals surface area contributed by atoms with Gasteiger partial charge < -0.3 is 10.6 Å². The Labute approximate surface area is 161 Å². The van der Waals surface area contributed by atoms with Gasteiger partial charge in [-0.2, -0.15) is 11.3 Å². The normalized spacial score (nSPS) is 12.3. The molecular weight excluding hydrogens is 441 g/mol. The molecule has 0 saturated carbocycles. The van der Waals surface area contributed by atoms with Crippen molar-refractivity contribution in [1.82, 2.24) is 10.6 Å². The molecule has 1 unspecified atom stereocenters. The summed E-state index contributed by atoms with van der Waals surface area (Å²) in [5.41, 5.74) is 2.35. The number of thiophene rings is 1. The van der Waals surface area contributed by atoms with E-state index in [4.69, 9.17) is 0 Å². The molecule has 0 radical (unpaired) electrons. The summed E-state index contributed by atoms with van der Waals surface area (Å²) in [6.45, 7) is 1.39. The maximum atomic E-state index is 12.0. The number of guanidine groups is 1. The maximum absolute atomic E-state index is 12.0. The second-order valence-electron chi connectivity index (χ2n) is 4.76. The zero-order chi connectivity index (χ0) is 15.6. The molecule has 1 aromatic carbocycles. The van der Waals surface area contributed by atoms with Gasteiger partial charge in [-0.25, -0.2) is 0 Å². The SMILES string of the molecule is CN=C(NCCS(=O)Cc1ccccc1)NCc1ccsc1.I. The Balaban J connectivity index is 0.00000264. The highest BCUT2D eigenvalue weighted by Crippen LogP contribution is 2.05. The molecule has 0 spiro atoms. The molecule has 0 fully saturated rings. The van der Waals surface area contributed by atoms with Crippen molar-refractivity contribution >= 4 is 52.1 Å². The second-order valence-corrected chi connectivity index (χ2v) is 7.11. The highest BCUT2D eigenvalue weighted by molar-refractivity contribution is 14.0. The highest BCUT2D eigenvalue weighted by Gasteiger charge is 2.03. The lowest BCUT2D eigenvalue weighted by Gasteiger charge is -2.11. The van der Waals surface area contributed by atoms with E-state index in [1.807, 2.05) is 30.3 Å². The summed E-state index contributed by atoms with van der Waals surface area (Å²) in [4.78, 5) is 4.17. The number of hydrogen-bond acceptors (Lipinski definition) is 3. The number of nitrogens with zero attached hydrogens (tertiary/aromatic N) is 1. The molecule has 0 bridgehead atoms. The predicted octanol–water partition coefficient (Wildman–Crippen LogP) is 2.98. The van der Waals surface area contributed by atoms with Crippen molar-refractivity contribution < 1.29 is 4.21 Å². The fourth-order valence-electron chi connectivity index (χ4n) is 1.92. The monoisotopic (exact) mass is 463 g/mol. The fraction of sp³-hybridized carbons (Fsp3) is 0.312. The number of rotatable bonds is 7. The Hall–Kier alpha value is -0.930. The molecule has 1 heterocycles. The lowest BCUT2D eigenvalue weighted by molar-refractivity contribution is 0.680. The van der Waals surface area contributed by atoms with E-state index in [1.165, 1.54) is 5.56 Å². The fourth-order valence-corrected chi connectivity index (χ4v) is 3.62. The molecule has 23 heavy (non-hydrogen) atoms. The van der Waals surface area contributed by atoms with Crippen LogP contribution in [0, 0.1) is 0 Å². The molecule has 1 atom stereocenters. The van der Waals surface area contributed by atoms with E-state index in [0.29, 0.717) is 18.1 Å². The third kappa shape index (κ3) is 7.94. The van der Waals surface area contributed by atoms with E-state index < -0.39 is 10.8 Å². The summed E-state index contributed by atoms with van der Waals surface area (Å²) in [6, 6.07) is 12.0. The first kappa shape index (κ1) is 20.1. The zero-order valence-electron chi connectivity index (χ0n) is 13.0. The van der Waals surface area contributed by atoms with E-state index in [1.54, 1.807) is 18.4 Å². The van der Waals surface area contributed by atoms with Gasteiger partial charge in [0.05, 0.1) is 0 Å². The van der Waals surface area contributed by atoms with Crippen LogP contribution in [0.15, 0.2) is 52.2 Å². The highest BCUT2D eigenvalue weighted by atomic mass is 127. The maximum Gasteiger partial charge on any atom is 0.191 e. The van der Waals surface area contributed by atoms with Crippen LogP contribution < -0.4 is 10.6 Å². The molecule has 7 heteroatoms. The van der Waals surface area contributed by atoms with Crippen LogP contribution in [0.2, 0.25) is 0 Å². The van der Waals surface area contributed by atoms with Crippen LogP contribution in [0.5, 0.6) is 0 Å². The second kappa shape index (κ2) is 11.6. The lowest BCUT2D eigenvalue weighted by atomic mass is 10.2. The number of nitrogens with one attached hydrogen (secondary N) is 2. The van der Waals surface area contributed by atoms with Crippen LogP contribution in [0.25, 0.3) is 0 Å². The van der Waals surface area contributed by atoms with E-state index in [0.717, 1.165) is 18.1 Å². The van der Waals surface area contributed by atoms with Gasteiger partial charge in [0.15, 0.2) is 5.96 Å². The van der Waals surface area contributed by atoms with Gasteiger partial charge in [0.25, 0.3) is 0 Å². The largest absolute Gasteiger partial charge is 0.355 e. The van der Waals surface area contributed by atoms with Gasteiger partial charge in [0, 0.05) is 42.4 Å². The summed E-state index contributed by atoms with van der Waals surface area (Å²) in [7, 11) is 0.873. The smallest absolute Gasteiger partial charge is 0.191 e. The predicted molar refractivity (Wildman–Crippen MR) is 111 cm³/mol. The molecule has 4 nitrogen and oxygen atoms in total. The van der Waals surface area contributed by atoms with E-state index >= 15 is 0 Å². The quantitative estimate of drug-likeness (QED) is 0.377. The van der Waals surface area contributed by atoms with Crippen LogP contribution in [-0.2, 0) is 23.1 Å². The number of benzene rings is 1. The van der Waals surface area contributed by atoms with Crippen LogP contribution in [-0.4, -0.2) is 29.5 Å². The number of halogens is 1. The summed E-state index contributed by atoms with van der Waals surface area (Å²) in [6.07, 6.45) is 0. The van der Waals surface area contributed by atoms with Gasteiger partial charge in [-0.15, -0.1) is 24.0 Å². The molecule has 2 N–H and O–H groups in total. The Kier molecular flexibility index (Phi) is 10.1. The molecule has 126 valence electrons. The molecule has 0 aliphatic heterocycles. The standard InChI is InChI=1S/C16H21N3OS2.HI/c1-17-16(19-11-15-7-9-21-12-15)18-8-10-22(20)13-14-5-3-2-4-6-14;/h2-7,9,12H,8,10-11,13H2,1H3,(H2,17,18,19);1H. The van der Waals surface area contributed by atoms with E-state index in [9.17, 15) is 4.21 Å². The minimum atomic E-state index is -0.867. The molecule has 2 aromatic rings. The Bertz CT molecular complexity index is 603. The van der Waals surface area contributed by atoms with Crippen molar-refractivity contribution in [1.29, 1.82) is 0 Å². The van der Waals surface area contributed by atoms with Crippen molar-refractivity contribution in [2.24, 2.45) is 4.99 Å². The van der Waals surface area contributed by atoms with Crippen molar-refractivity contribution in [2.75, 3.05) is 19.3 Å². The minimum absolute atomic E-state index is 0. The molecule has 0 aliphatic rings. The minimum Gasteiger partial charge on any atom is -0.355 e. The summed E-state index contributed by atoms with van der Waals surface area (Å²) < 4.78 is 12.0. The molecule has 0 amide bonds. The van der Waals surface area contributed by atoms with Gasteiger partial charge in [0.1, 0.15) is 0 Å². The lowest BCUT2D eigenvalue weighted by Crippen LogP contribution is -2.38. The van der Waals surface area contributed by atoms with Crippen LogP contribution in [0.4, 0.5) is 0 Å². The van der Waals surface area contributed by atoms with Gasteiger partial charge >= 0.3 is 0 Å². The van der Waals surface area contributed by atoms with E-state index in [-0.39, 0.29) is 24.0 Å². The van der Waals surface area contributed by atoms with Crippen molar-refractivity contribution in [3.05, 3.63) is 58.3 Å². The molecule has 1 aromatic heterocycles. The first-order valence-corrected chi connectivity index (χ1v) is 9.55. The first-order chi connectivity index (χ1) is 10.8. The average Bonchev–Trinajstić information content (AvgIpc) is 3.05. The summed E-state index contributed by atoms with van der Waals surface area (Å²) in [5.74, 6) is 1.94. The first-order valence-electron chi connectivity index (χ1n) is 7.12. The molecule has 0 aliphatic carbocycles. The van der Waals surface area contributed by atoms with Gasteiger partial charge in [-0.3, -0.25) is 9.20 Å². The summed E-state index contributed by atoms with van der Waals surface area (Å²) >= 11 is 1.68. The van der Waals surface area contributed by atoms with Crippen LogP contribution in [0.1, 0.15) is 11.1 Å². The Morgan fingerprint density at radius 2 is 1.96 bits per heavy atom. The van der Waals surface area contributed by atoms with Crippen molar-refractivity contribution in [2.45, 2.75) is 12.3 Å². The average molecular weight is 463 g/mol. The molecule has 2 rings (SSSR count). The Morgan fingerprint density at radius 1 is 1.17 bits per heavy atom. The molecule has 0 saturated heterocycles. The topological polar surface area (TPSA) is 53.5 Å². The third-order valence-electron chi connectivity index (χ3n) is 3.06. The van der Waals surface area contributed by atoms with Gasteiger partial charge in [-0.05, 0) is 28.0 Å². The third-order valence-corrected chi connectivity index (χ3v) is 5.10. The summed E-state index contributed by atoms with van der Waals surface area (Å²) in [5, 5.41) is 10.6. The van der Waals surface area contributed by atoms with Gasteiger partial charge in [0.2, 0.25) is 0 Å². The van der Waals surface area contributed by atoms with E-state index in [2.05, 4.69) is 32.5 Å². The van der Waals surface area contributed by atoms with Crippen molar-refractivity contribution in [3.63, 3.8) is 0 Å². The van der Waals surface area contributed by atoms with Crippen LogP contribution >= 0.6 is 35.3 Å². The van der Waals surface area contributed by atoms with Crippen LogP contribution in [0.3, 0.4) is 0 Å². The van der Waals surface area contributed by atoms with Gasteiger partial charge in [-0.1, -0.05) is 30.3 Å². The Morgan fingerprint density at radius 3 is 2.61 bits per heavy atom. The molecular formula is C16H22IN3OS2. The number of hydrogen-bond donors (Lipinski definition) is 2. The van der Waals surface area contributed by atoms with Crippen molar-refractivity contribution in [3.8, 4) is 0 Å². The number of aliphatic imine (C=N–C) groups is 1.